The van der Waals surface area contributed by atoms with Crippen LogP contribution in [0.4, 0.5) is 5.95 Å². The summed E-state index contributed by atoms with van der Waals surface area (Å²) in [4.78, 5) is 24.5. The molecule has 6 nitrogen and oxygen atoms in total. The van der Waals surface area contributed by atoms with E-state index in [2.05, 4.69) is 14.9 Å². The maximum absolute atomic E-state index is 12.1. The highest BCUT2D eigenvalue weighted by molar-refractivity contribution is 5.85. The second kappa shape index (κ2) is 8.01. The summed E-state index contributed by atoms with van der Waals surface area (Å²) in [6.07, 6.45) is 5.15. The predicted octanol–water partition coefficient (Wildman–Crippen LogP) is 0.674. The first-order valence-electron chi connectivity index (χ1n) is 6.78. The Morgan fingerprint density at radius 3 is 2.45 bits per heavy atom. The number of nitrogens with two attached hydrogens (primary N) is 1. The summed E-state index contributed by atoms with van der Waals surface area (Å²) in [5, 5.41) is 0. The topological polar surface area (TPSA) is 75.4 Å². The van der Waals surface area contributed by atoms with Crippen molar-refractivity contribution in [3.8, 4) is 0 Å². The highest BCUT2D eigenvalue weighted by Crippen LogP contribution is 2.11. The Morgan fingerprint density at radius 1 is 1.30 bits per heavy atom. The first kappa shape index (κ1) is 16.7. The van der Waals surface area contributed by atoms with Gasteiger partial charge in [0.2, 0.25) is 11.9 Å². The van der Waals surface area contributed by atoms with Gasteiger partial charge in [0.15, 0.2) is 0 Å². The fourth-order valence-electron chi connectivity index (χ4n) is 2.25. The van der Waals surface area contributed by atoms with Gasteiger partial charge in [-0.15, -0.1) is 12.4 Å². The number of aromatic nitrogens is 2. The summed E-state index contributed by atoms with van der Waals surface area (Å²) in [7, 11) is 0. The molecule has 112 valence electrons. The van der Waals surface area contributed by atoms with Crippen LogP contribution in [-0.2, 0) is 4.79 Å². The van der Waals surface area contributed by atoms with Gasteiger partial charge in [0.05, 0.1) is 6.04 Å². The molecule has 1 saturated heterocycles. The second-order valence-electron chi connectivity index (χ2n) is 4.76. The molecule has 0 saturated carbocycles. The van der Waals surface area contributed by atoms with Crippen molar-refractivity contribution < 1.29 is 4.79 Å². The van der Waals surface area contributed by atoms with Crippen molar-refractivity contribution in [1.29, 1.82) is 0 Å². The fourth-order valence-corrected chi connectivity index (χ4v) is 2.25. The number of carbonyl (C=O) groups excluding carboxylic acids is 1. The third kappa shape index (κ3) is 4.05. The van der Waals surface area contributed by atoms with E-state index in [4.69, 9.17) is 5.73 Å². The number of piperazine rings is 1. The maximum atomic E-state index is 12.1. The maximum Gasteiger partial charge on any atom is 0.239 e. The quantitative estimate of drug-likeness (QED) is 0.884. The van der Waals surface area contributed by atoms with Gasteiger partial charge in [0, 0.05) is 38.6 Å². The minimum atomic E-state index is -0.357. The molecule has 2 heterocycles. The Morgan fingerprint density at radius 2 is 1.90 bits per heavy atom. The highest BCUT2D eigenvalue weighted by atomic mass is 35.5. The summed E-state index contributed by atoms with van der Waals surface area (Å²) < 4.78 is 0. The van der Waals surface area contributed by atoms with E-state index in [0.29, 0.717) is 13.1 Å². The molecule has 1 aliphatic heterocycles. The van der Waals surface area contributed by atoms with Gasteiger partial charge in [-0.1, -0.05) is 13.3 Å². The van der Waals surface area contributed by atoms with Crippen molar-refractivity contribution in [2.24, 2.45) is 5.73 Å². The molecule has 1 fully saturated rings. The minimum absolute atomic E-state index is 0. The first-order chi connectivity index (χ1) is 9.22. The van der Waals surface area contributed by atoms with E-state index >= 15 is 0 Å². The van der Waals surface area contributed by atoms with E-state index in [1.54, 1.807) is 18.5 Å². The van der Waals surface area contributed by atoms with Crippen LogP contribution in [0.5, 0.6) is 0 Å². The fraction of sp³-hybridized carbons (Fsp3) is 0.615. The van der Waals surface area contributed by atoms with Gasteiger partial charge < -0.3 is 15.5 Å². The summed E-state index contributed by atoms with van der Waals surface area (Å²) in [6, 6.07) is 1.44. The molecule has 1 amide bonds. The third-order valence-corrected chi connectivity index (χ3v) is 3.34. The van der Waals surface area contributed by atoms with Crippen LogP contribution >= 0.6 is 12.4 Å². The predicted molar refractivity (Wildman–Crippen MR) is 81.0 cm³/mol. The van der Waals surface area contributed by atoms with Crippen LogP contribution in [0.1, 0.15) is 19.8 Å². The number of rotatable bonds is 4. The highest BCUT2D eigenvalue weighted by Gasteiger charge is 2.25. The Bertz CT molecular complexity index is 408. The zero-order valence-electron chi connectivity index (χ0n) is 11.7. The van der Waals surface area contributed by atoms with Crippen molar-refractivity contribution in [3.05, 3.63) is 18.5 Å². The normalized spacial score (nSPS) is 16.5. The number of hydrogen-bond donors (Lipinski definition) is 1. The van der Waals surface area contributed by atoms with Crippen LogP contribution in [0.25, 0.3) is 0 Å². The van der Waals surface area contributed by atoms with Gasteiger partial charge in [-0.3, -0.25) is 4.79 Å². The van der Waals surface area contributed by atoms with E-state index in [-0.39, 0.29) is 24.4 Å². The number of anilines is 1. The van der Waals surface area contributed by atoms with Gasteiger partial charge in [-0.2, -0.15) is 0 Å². The molecule has 0 aromatic carbocycles. The Hall–Kier alpha value is -1.40. The van der Waals surface area contributed by atoms with Crippen LogP contribution in [0, 0.1) is 0 Å². The molecule has 1 aromatic rings. The van der Waals surface area contributed by atoms with Crippen molar-refractivity contribution in [1.82, 2.24) is 14.9 Å². The van der Waals surface area contributed by atoms with E-state index in [1.807, 2.05) is 11.8 Å². The molecule has 2 rings (SSSR count). The number of carbonyl (C=O) groups is 1. The molecule has 2 N–H and O–H groups in total. The molecular formula is C13H22ClN5O. The summed E-state index contributed by atoms with van der Waals surface area (Å²) in [6.45, 7) is 4.93. The van der Waals surface area contributed by atoms with Gasteiger partial charge in [-0.25, -0.2) is 9.97 Å². The average molecular weight is 300 g/mol. The van der Waals surface area contributed by atoms with E-state index < -0.39 is 0 Å². The molecule has 7 heteroatoms. The Labute approximate surface area is 125 Å². The Balaban J connectivity index is 0.00000200. The van der Waals surface area contributed by atoms with Crippen molar-refractivity contribution >= 4 is 24.3 Å². The lowest BCUT2D eigenvalue weighted by molar-refractivity contribution is -0.133. The second-order valence-corrected chi connectivity index (χ2v) is 4.76. The van der Waals surface area contributed by atoms with Gasteiger partial charge in [0.25, 0.3) is 0 Å². The molecule has 0 aliphatic carbocycles. The zero-order valence-corrected chi connectivity index (χ0v) is 12.6. The van der Waals surface area contributed by atoms with Gasteiger partial charge in [0.1, 0.15) is 0 Å². The molecule has 0 radical (unpaired) electrons. The molecule has 1 aliphatic rings. The SMILES string of the molecule is CCCC(N)C(=O)N1CCN(c2ncccn2)CC1.Cl. The average Bonchev–Trinajstić information content (AvgIpc) is 2.48. The third-order valence-electron chi connectivity index (χ3n) is 3.34. The van der Waals surface area contributed by atoms with Gasteiger partial charge in [-0.05, 0) is 12.5 Å². The van der Waals surface area contributed by atoms with Gasteiger partial charge >= 0.3 is 0 Å². The first-order valence-corrected chi connectivity index (χ1v) is 6.78. The van der Waals surface area contributed by atoms with Crippen LogP contribution in [0.3, 0.4) is 0 Å². The number of amides is 1. The minimum Gasteiger partial charge on any atom is -0.338 e. The van der Waals surface area contributed by atoms with E-state index in [9.17, 15) is 4.79 Å². The standard InChI is InChI=1S/C13H21N5O.ClH/c1-2-4-11(14)12(19)17-7-9-18(10-8-17)13-15-5-3-6-16-13;/h3,5-6,11H,2,4,7-10,14H2,1H3;1H. The molecule has 1 atom stereocenters. The summed E-state index contributed by atoms with van der Waals surface area (Å²) in [5.41, 5.74) is 5.87. The van der Waals surface area contributed by atoms with Crippen molar-refractivity contribution in [3.63, 3.8) is 0 Å². The van der Waals surface area contributed by atoms with Crippen LogP contribution < -0.4 is 10.6 Å². The van der Waals surface area contributed by atoms with Crippen molar-refractivity contribution in [2.45, 2.75) is 25.8 Å². The molecule has 20 heavy (non-hydrogen) atoms. The molecule has 1 aromatic heterocycles. The largest absolute Gasteiger partial charge is 0.338 e. The monoisotopic (exact) mass is 299 g/mol. The smallest absolute Gasteiger partial charge is 0.239 e. The van der Waals surface area contributed by atoms with Crippen LogP contribution in [-0.4, -0.2) is 53.0 Å². The lowest BCUT2D eigenvalue weighted by Gasteiger charge is -2.35. The lowest BCUT2D eigenvalue weighted by Crippen LogP contribution is -2.53. The Kier molecular flexibility index (Phi) is 6.67. The number of halogens is 1. The van der Waals surface area contributed by atoms with Crippen LogP contribution in [0.15, 0.2) is 18.5 Å². The van der Waals surface area contributed by atoms with Crippen molar-refractivity contribution in [2.75, 3.05) is 31.1 Å². The summed E-state index contributed by atoms with van der Waals surface area (Å²) >= 11 is 0. The molecule has 1 unspecified atom stereocenters. The van der Waals surface area contributed by atoms with Crippen LogP contribution in [0.2, 0.25) is 0 Å². The molecule has 0 spiro atoms. The molecule has 0 bridgehead atoms. The number of nitrogens with zero attached hydrogens (tertiary/aromatic N) is 4. The van der Waals surface area contributed by atoms with E-state index in [1.165, 1.54) is 0 Å². The molecular weight excluding hydrogens is 278 g/mol. The summed E-state index contributed by atoms with van der Waals surface area (Å²) in [5.74, 6) is 0.794. The number of hydrogen-bond acceptors (Lipinski definition) is 5. The van der Waals surface area contributed by atoms with E-state index in [0.717, 1.165) is 31.9 Å². The lowest BCUT2D eigenvalue weighted by atomic mass is 10.1. The zero-order chi connectivity index (χ0) is 13.7.